The Morgan fingerprint density at radius 1 is 1.22 bits per heavy atom. The number of nitrogens with one attached hydrogen (secondary N) is 1. The Hall–Kier alpha value is -1.64. The second-order valence-electron chi connectivity index (χ2n) is 7.22. The van der Waals surface area contributed by atoms with Crippen LogP contribution in [0.4, 0.5) is 0 Å². The Balaban J connectivity index is 1.85. The van der Waals surface area contributed by atoms with Crippen LogP contribution in [0.25, 0.3) is 0 Å². The molecular weight excluding hydrogens is 368 g/mol. The molecule has 1 heterocycles. The predicted molar refractivity (Wildman–Crippen MR) is 101 cm³/mol. The number of morpholine rings is 1. The predicted octanol–water partition coefficient (Wildman–Crippen LogP) is 2.02. The van der Waals surface area contributed by atoms with Crippen molar-refractivity contribution in [1.29, 1.82) is 0 Å². The number of hydrogen-bond donors (Lipinski definition) is 1. The second kappa shape index (κ2) is 8.58. The lowest BCUT2D eigenvalue weighted by molar-refractivity contribution is 0.0729. The van der Waals surface area contributed by atoms with Crippen molar-refractivity contribution in [3.05, 3.63) is 23.8 Å². The largest absolute Gasteiger partial charge is 0.495 e. The molecule has 2 unspecified atom stereocenters. The van der Waals surface area contributed by atoms with Crippen molar-refractivity contribution in [3.8, 4) is 5.75 Å². The van der Waals surface area contributed by atoms with Crippen molar-refractivity contribution in [2.75, 3.05) is 33.4 Å². The highest BCUT2D eigenvalue weighted by Crippen LogP contribution is 2.29. The van der Waals surface area contributed by atoms with E-state index in [2.05, 4.69) is 12.2 Å². The van der Waals surface area contributed by atoms with Crippen LogP contribution in [0.1, 0.15) is 43.0 Å². The molecule has 1 saturated heterocycles. The van der Waals surface area contributed by atoms with Crippen LogP contribution in [0.15, 0.2) is 23.1 Å². The number of sulfonamides is 1. The summed E-state index contributed by atoms with van der Waals surface area (Å²) in [6, 6.07) is 4.71. The Morgan fingerprint density at radius 3 is 2.59 bits per heavy atom. The smallest absolute Gasteiger partial charge is 0.251 e. The Kier molecular flexibility index (Phi) is 6.39. The average molecular weight is 397 g/mol. The number of hydrogen-bond acceptors (Lipinski definition) is 5. The lowest BCUT2D eigenvalue weighted by Crippen LogP contribution is -2.41. The van der Waals surface area contributed by atoms with Crippen LogP contribution >= 0.6 is 0 Å². The van der Waals surface area contributed by atoms with E-state index >= 15 is 0 Å². The van der Waals surface area contributed by atoms with Crippen molar-refractivity contribution in [1.82, 2.24) is 9.62 Å². The zero-order valence-electron chi connectivity index (χ0n) is 15.9. The molecule has 8 heteroatoms. The minimum atomic E-state index is -3.76. The normalized spacial score (nSPS) is 24.4. The zero-order chi connectivity index (χ0) is 19.4. The summed E-state index contributed by atoms with van der Waals surface area (Å²) in [5.74, 6) is 0.427. The fourth-order valence-electron chi connectivity index (χ4n) is 3.73. The van der Waals surface area contributed by atoms with Crippen LogP contribution in [0, 0.1) is 5.92 Å². The lowest BCUT2D eigenvalue weighted by Gasteiger charge is -2.29. The third kappa shape index (κ3) is 4.44. The van der Waals surface area contributed by atoms with Crippen LogP contribution in [0.5, 0.6) is 5.75 Å². The van der Waals surface area contributed by atoms with Crippen molar-refractivity contribution in [3.63, 3.8) is 0 Å². The Labute approximate surface area is 161 Å². The van der Waals surface area contributed by atoms with E-state index in [1.54, 1.807) is 12.1 Å². The molecule has 0 bridgehead atoms. The molecule has 27 heavy (non-hydrogen) atoms. The molecule has 2 atom stereocenters. The first kappa shape index (κ1) is 20.1. The molecule has 1 aliphatic heterocycles. The van der Waals surface area contributed by atoms with E-state index in [0.29, 0.717) is 37.8 Å². The van der Waals surface area contributed by atoms with Gasteiger partial charge in [0.15, 0.2) is 0 Å². The molecule has 3 rings (SSSR count). The maximum absolute atomic E-state index is 13.0. The number of nitrogens with zero attached hydrogens (tertiary/aromatic N) is 1. The molecule has 1 N–H and O–H groups in total. The van der Waals surface area contributed by atoms with E-state index in [1.165, 1.54) is 23.9 Å². The number of carbonyl (C=O) groups excluding carboxylic acids is 1. The number of amides is 1. The van der Waals surface area contributed by atoms with Crippen LogP contribution < -0.4 is 10.1 Å². The highest BCUT2D eigenvalue weighted by molar-refractivity contribution is 7.89. The summed E-state index contributed by atoms with van der Waals surface area (Å²) in [5, 5.41) is 3.07. The van der Waals surface area contributed by atoms with Gasteiger partial charge in [0.05, 0.1) is 20.3 Å². The van der Waals surface area contributed by atoms with Crippen LogP contribution in [0.2, 0.25) is 0 Å². The van der Waals surface area contributed by atoms with E-state index < -0.39 is 10.0 Å². The van der Waals surface area contributed by atoms with Crippen molar-refractivity contribution in [2.24, 2.45) is 5.92 Å². The molecular formula is C19H28N2O5S. The first-order chi connectivity index (χ1) is 12.9. The standard InChI is InChI=1S/C19H28N2O5S/c1-14-5-3-4-6-16(14)20-19(22)15-7-8-17(25-2)18(13-15)27(23,24)21-9-11-26-12-10-21/h7-8,13-14,16H,3-6,9-12H2,1-2H3,(H,20,22). The number of benzene rings is 1. The first-order valence-electron chi connectivity index (χ1n) is 9.50. The molecule has 2 aliphatic rings. The van der Waals surface area contributed by atoms with Gasteiger partial charge in [-0.2, -0.15) is 4.31 Å². The van der Waals surface area contributed by atoms with E-state index in [4.69, 9.17) is 9.47 Å². The van der Waals surface area contributed by atoms with Gasteiger partial charge in [0.25, 0.3) is 5.91 Å². The number of rotatable bonds is 5. The van der Waals surface area contributed by atoms with Crippen LogP contribution in [-0.2, 0) is 14.8 Å². The van der Waals surface area contributed by atoms with Gasteiger partial charge >= 0.3 is 0 Å². The molecule has 1 saturated carbocycles. The first-order valence-corrected chi connectivity index (χ1v) is 10.9. The summed E-state index contributed by atoms with van der Waals surface area (Å²) >= 11 is 0. The second-order valence-corrected chi connectivity index (χ2v) is 9.13. The molecule has 0 spiro atoms. The van der Waals surface area contributed by atoms with Crippen molar-refractivity contribution >= 4 is 15.9 Å². The fraction of sp³-hybridized carbons (Fsp3) is 0.632. The summed E-state index contributed by atoms with van der Waals surface area (Å²) in [7, 11) is -2.33. The molecule has 1 aliphatic carbocycles. The van der Waals surface area contributed by atoms with Gasteiger partial charge in [-0.15, -0.1) is 0 Å². The highest BCUT2D eigenvalue weighted by Gasteiger charge is 2.30. The van der Waals surface area contributed by atoms with Gasteiger partial charge in [-0.1, -0.05) is 19.8 Å². The highest BCUT2D eigenvalue weighted by atomic mass is 32.2. The minimum Gasteiger partial charge on any atom is -0.495 e. The monoisotopic (exact) mass is 396 g/mol. The van der Waals surface area contributed by atoms with Gasteiger partial charge in [-0.25, -0.2) is 8.42 Å². The third-order valence-electron chi connectivity index (χ3n) is 5.44. The van der Waals surface area contributed by atoms with E-state index in [0.717, 1.165) is 19.3 Å². The Morgan fingerprint density at radius 2 is 1.93 bits per heavy atom. The maximum Gasteiger partial charge on any atom is 0.251 e. The van der Waals surface area contributed by atoms with Gasteiger partial charge in [-0.05, 0) is 37.0 Å². The summed E-state index contributed by atoms with van der Waals surface area (Å²) in [6.07, 6.45) is 4.36. The quantitative estimate of drug-likeness (QED) is 0.823. The number of methoxy groups -OCH3 is 1. The molecule has 1 aromatic carbocycles. The van der Waals surface area contributed by atoms with Crippen LogP contribution in [0.3, 0.4) is 0 Å². The third-order valence-corrected chi connectivity index (χ3v) is 7.36. The fourth-order valence-corrected chi connectivity index (χ4v) is 5.32. The zero-order valence-corrected chi connectivity index (χ0v) is 16.8. The van der Waals surface area contributed by atoms with Gasteiger partial charge in [-0.3, -0.25) is 4.79 Å². The SMILES string of the molecule is COc1ccc(C(=O)NC2CCCCC2C)cc1S(=O)(=O)N1CCOCC1. The summed E-state index contributed by atoms with van der Waals surface area (Å²) in [4.78, 5) is 12.8. The topological polar surface area (TPSA) is 84.9 Å². The molecule has 150 valence electrons. The molecule has 1 aromatic rings. The molecule has 0 aromatic heterocycles. The van der Waals surface area contributed by atoms with Gasteiger partial charge in [0.2, 0.25) is 10.0 Å². The number of ether oxygens (including phenoxy) is 2. The minimum absolute atomic E-state index is 0.0243. The van der Waals surface area contributed by atoms with Crippen LogP contribution in [-0.4, -0.2) is 58.1 Å². The summed E-state index contributed by atoms with van der Waals surface area (Å²) < 4.78 is 38.0. The van der Waals surface area contributed by atoms with Crippen molar-refractivity contribution < 1.29 is 22.7 Å². The lowest BCUT2D eigenvalue weighted by atomic mass is 9.86. The number of carbonyl (C=O) groups is 1. The van der Waals surface area contributed by atoms with Crippen molar-refractivity contribution in [2.45, 2.75) is 43.5 Å². The van der Waals surface area contributed by atoms with Gasteiger partial charge in [0, 0.05) is 24.7 Å². The molecule has 0 radical (unpaired) electrons. The maximum atomic E-state index is 13.0. The average Bonchev–Trinajstić information content (AvgIpc) is 2.69. The van der Waals surface area contributed by atoms with Gasteiger partial charge in [0.1, 0.15) is 10.6 Å². The van der Waals surface area contributed by atoms with Gasteiger partial charge < -0.3 is 14.8 Å². The molecule has 2 fully saturated rings. The summed E-state index contributed by atoms with van der Waals surface area (Å²) in [5.41, 5.74) is 0.334. The molecule has 7 nitrogen and oxygen atoms in total. The van der Waals surface area contributed by atoms with E-state index in [1.807, 2.05) is 0 Å². The summed E-state index contributed by atoms with van der Waals surface area (Å²) in [6.45, 7) is 3.46. The molecule has 1 amide bonds. The van der Waals surface area contributed by atoms with E-state index in [-0.39, 0.29) is 22.6 Å². The van der Waals surface area contributed by atoms with E-state index in [9.17, 15) is 13.2 Å². The Bertz CT molecular complexity index is 774.